The van der Waals surface area contributed by atoms with Gasteiger partial charge in [0.05, 0.1) is 20.8 Å². The molecule has 1 aliphatic rings. The molecule has 1 saturated carbocycles. The van der Waals surface area contributed by atoms with E-state index in [1.807, 2.05) is 0 Å². The Morgan fingerprint density at radius 2 is 1.96 bits per heavy atom. The summed E-state index contributed by atoms with van der Waals surface area (Å²) < 4.78 is 15.7. The number of aryl methyl sites for hydroxylation is 1. The molecule has 27 heavy (non-hydrogen) atoms. The number of methoxy groups -OCH3 is 2. The summed E-state index contributed by atoms with van der Waals surface area (Å²) in [6.45, 7) is -0.0178. The van der Waals surface area contributed by atoms with Crippen molar-refractivity contribution in [3.05, 3.63) is 24.1 Å². The van der Waals surface area contributed by atoms with Gasteiger partial charge in [-0.25, -0.2) is 0 Å². The van der Waals surface area contributed by atoms with Crippen LogP contribution in [0.3, 0.4) is 0 Å². The third-order valence-corrected chi connectivity index (χ3v) is 4.06. The second-order valence-corrected chi connectivity index (χ2v) is 6.20. The van der Waals surface area contributed by atoms with E-state index in [1.54, 1.807) is 32.4 Å². The first-order chi connectivity index (χ1) is 13.1. The quantitative estimate of drug-likeness (QED) is 0.675. The van der Waals surface area contributed by atoms with Gasteiger partial charge in [0.15, 0.2) is 11.5 Å². The average molecular weight is 374 g/mol. The number of amides is 2. The monoisotopic (exact) mass is 374 g/mol. The van der Waals surface area contributed by atoms with E-state index >= 15 is 0 Å². The zero-order valence-electron chi connectivity index (χ0n) is 15.3. The molecule has 2 amide bonds. The molecule has 0 atom stereocenters. The summed E-state index contributed by atoms with van der Waals surface area (Å²) in [5.74, 6) is 1.50. The summed E-state index contributed by atoms with van der Waals surface area (Å²) in [4.78, 5) is 27.7. The molecule has 0 aliphatic heterocycles. The Bertz CT molecular complexity index is 816. The Morgan fingerprint density at radius 3 is 2.67 bits per heavy atom. The van der Waals surface area contributed by atoms with Crippen LogP contribution in [0.4, 0.5) is 0 Å². The normalized spacial score (nSPS) is 13.1. The van der Waals surface area contributed by atoms with Crippen molar-refractivity contribution >= 4 is 11.8 Å². The highest BCUT2D eigenvalue weighted by molar-refractivity contribution is 5.85. The topological polar surface area (TPSA) is 116 Å². The molecule has 1 heterocycles. The maximum Gasteiger partial charge on any atom is 0.239 e. The predicted molar refractivity (Wildman–Crippen MR) is 95.3 cm³/mol. The third kappa shape index (κ3) is 5.19. The highest BCUT2D eigenvalue weighted by Crippen LogP contribution is 2.31. The number of benzene rings is 1. The van der Waals surface area contributed by atoms with Gasteiger partial charge < -0.3 is 24.6 Å². The van der Waals surface area contributed by atoms with Gasteiger partial charge in [0.25, 0.3) is 0 Å². The standard InChI is InChI=1S/C18H22N4O5/c1-25-13-6-3-11(9-14(13)26-2)18-21-17(27-22-18)8-7-15(23)19-10-16(24)20-12-4-5-12/h3,6,9,12H,4-5,7-8,10H2,1-2H3,(H,19,23)(H,20,24). The van der Waals surface area contributed by atoms with Crippen LogP contribution < -0.4 is 20.1 Å². The maximum atomic E-state index is 11.8. The molecule has 2 aromatic rings. The van der Waals surface area contributed by atoms with Crippen molar-refractivity contribution in [3.8, 4) is 22.9 Å². The molecule has 0 spiro atoms. The first-order valence-corrected chi connectivity index (χ1v) is 8.70. The van der Waals surface area contributed by atoms with Crippen LogP contribution in [0.25, 0.3) is 11.4 Å². The zero-order chi connectivity index (χ0) is 19.2. The van der Waals surface area contributed by atoms with Crippen molar-refractivity contribution in [2.24, 2.45) is 0 Å². The molecule has 2 N–H and O–H groups in total. The molecule has 144 valence electrons. The van der Waals surface area contributed by atoms with Gasteiger partial charge in [-0.1, -0.05) is 5.16 Å². The van der Waals surface area contributed by atoms with Gasteiger partial charge in [-0.15, -0.1) is 0 Å². The number of ether oxygens (including phenoxy) is 2. The summed E-state index contributed by atoms with van der Waals surface area (Å²) in [6, 6.07) is 5.58. The number of aromatic nitrogens is 2. The van der Waals surface area contributed by atoms with Crippen molar-refractivity contribution in [1.29, 1.82) is 0 Å². The van der Waals surface area contributed by atoms with Crippen molar-refractivity contribution in [2.75, 3.05) is 20.8 Å². The number of carbonyl (C=O) groups excluding carboxylic acids is 2. The summed E-state index contributed by atoms with van der Waals surface area (Å²) in [5.41, 5.74) is 0.712. The molecule has 3 rings (SSSR count). The first kappa shape index (κ1) is 18.7. The fourth-order valence-electron chi connectivity index (χ4n) is 2.44. The number of hydrogen-bond donors (Lipinski definition) is 2. The van der Waals surface area contributed by atoms with Crippen LogP contribution in [0.15, 0.2) is 22.7 Å². The van der Waals surface area contributed by atoms with E-state index in [4.69, 9.17) is 14.0 Å². The number of carbonyl (C=O) groups is 2. The smallest absolute Gasteiger partial charge is 0.239 e. The lowest BCUT2D eigenvalue weighted by Crippen LogP contribution is -2.37. The molecule has 0 bridgehead atoms. The fraction of sp³-hybridized carbons (Fsp3) is 0.444. The van der Waals surface area contributed by atoms with Gasteiger partial charge in [0, 0.05) is 24.4 Å². The second-order valence-electron chi connectivity index (χ2n) is 6.20. The van der Waals surface area contributed by atoms with E-state index in [2.05, 4.69) is 20.8 Å². The molecule has 0 radical (unpaired) electrons. The van der Waals surface area contributed by atoms with Crippen LogP contribution in [-0.2, 0) is 16.0 Å². The van der Waals surface area contributed by atoms with Gasteiger partial charge in [-0.2, -0.15) is 4.98 Å². The molecular weight excluding hydrogens is 352 g/mol. The lowest BCUT2D eigenvalue weighted by Gasteiger charge is -2.07. The zero-order valence-corrected chi connectivity index (χ0v) is 15.3. The fourth-order valence-corrected chi connectivity index (χ4v) is 2.44. The summed E-state index contributed by atoms with van der Waals surface area (Å²) in [6.07, 6.45) is 2.47. The van der Waals surface area contributed by atoms with E-state index in [0.717, 1.165) is 12.8 Å². The summed E-state index contributed by atoms with van der Waals surface area (Å²) in [5, 5.41) is 9.32. The van der Waals surface area contributed by atoms with Crippen molar-refractivity contribution < 1.29 is 23.6 Å². The van der Waals surface area contributed by atoms with Crippen LogP contribution in [-0.4, -0.2) is 48.8 Å². The van der Waals surface area contributed by atoms with E-state index in [9.17, 15) is 9.59 Å². The SMILES string of the molecule is COc1ccc(-c2noc(CCC(=O)NCC(=O)NC3CC3)n2)cc1OC. The van der Waals surface area contributed by atoms with Crippen LogP contribution >= 0.6 is 0 Å². The minimum atomic E-state index is -0.244. The van der Waals surface area contributed by atoms with Gasteiger partial charge in [0.1, 0.15) is 0 Å². The second kappa shape index (κ2) is 8.52. The highest BCUT2D eigenvalue weighted by atomic mass is 16.5. The summed E-state index contributed by atoms with van der Waals surface area (Å²) in [7, 11) is 3.11. The number of nitrogens with zero attached hydrogens (tertiary/aromatic N) is 2. The predicted octanol–water partition coefficient (Wildman–Crippen LogP) is 1.08. The van der Waals surface area contributed by atoms with E-state index in [0.29, 0.717) is 28.8 Å². The van der Waals surface area contributed by atoms with Crippen LogP contribution in [0.2, 0.25) is 0 Å². The lowest BCUT2D eigenvalue weighted by molar-refractivity contribution is -0.126. The van der Waals surface area contributed by atoms with E-state index in [1.165, 1.54) is 0 Å². The van der Waals surface area contributed by atoms with Gasteiger partial charge in [0.2, 0.25) is 23.5 Å². The van der Waals surface area contributed by atoms with Gasteiger partial charge in [-0.3, -0.25) is 9.59 Å². The molecule has 0 saturated heterocycles. The Balaban J connectivity index is 1.50. The van der Waals surface area contributed by atoms with Crippen molar-refractivity contribution in [2.45, 2.75) is 31.7 Å². The summed E-state index contributed by atoms with van der Waals surface area (Å²) >= 11 is 0. The van der Waals surface area contributed by atoms with Crippen molar-refractivity contribution in [3.63, 3.8) is 0 Å². The molecule has 1 fully saturated rings. The maximum absolute atomic E-state index is 11.8. The van der Waals surface area contributed by atoms with Crippen LogP contribution in [0.5, 0.6) is 11.5 Å². The van der Waals surface area contributed by atoms with Crippen LogP contribution in [0, 0.1) is 0 Å². The Labute approximate surface area is 156 Å². The minimum Gasteiger partial charge on any atom is -0.493 e. The molecule has 0 unspecified atom stereocenters. The molecule has 1 aromatic carbocycles. The molecule has 1 aromatic heterocycles. The number of rotatable bonds is 9. The Hall–Kier alpha value is -3.10. The number of nitrogens with one attached hydrogen (secondary N) is 2. The minimum absolute atomic E-state index is 0.0178. The van der Waals surface area contributed by atoms with Gasteiger partial charge in [-0.05, 0) is 31.0 Å². The van der Waals surface area contributed by atoms with Gasteiger partial charge >= 0.3 is 0 Å². The first-order valence-electron chi connectivity index (χ1n) is 8.70. The molecule has 9 nitrogen and oxygen atoms in total. The lowest BCUT2D eigenvalue weighted by atomic mass is 10.2. The number of hydrogen-bond acceptors (Lipinski definition) is 7. The largest absolute Gasteiger partial charge is 0.493 e. The highest BCUT2D eigenvalue weighted by Gasteiger charge is 2.23. The Kier molecular flexibility index (Phi) is 5.90. The van der Waals surface area contributed by atoms with E-state index in [-0.39, 0.29) is 37.2 Å². The van der Waals surface area contributed by atoms with Crippen LogP contribution in [0.1, 0.15) is 25.2 Å². The molecule has 9 heteroatoms. The average Bonchev–Trinajstić information content (AvgIpc) is 3.37. The Morgan fingerprint density at radius 1 is 1.19 bits per heavy atom. The van der Waals surface area contributed by atoms with E-state index < -0.39 is 0 Å². The molecular formula is C18H22N4O5. The third-order valence-electron chi connectivity index (χ3n) is 4.06. The van der Waals surface area contributed by atoms with Crippen molar-refractivity contribution in [1.82, 2.24) is 20.8 Å². The molecule has 1 aliphatic carbocycles.